The van der Waals surface area contributed by atoms with E-state index in [4.69, 9.17) is 15.7 Å². The lowest BCUT2D eigenvalue weighted by Crippen LogP contribution is -1.95. The number of aromatic nitrogens is 1. The lowest BCUT2D eigenvalue weighted by atomic mass is 10.3. The third kappa shape index (κ3) is 2.32. The smallest absolute Gasteiger partial charge is 0.183 e. The van der Waals surface area contributed by atoms with Gasteiger partial charge in [-0.05, 0) is 24.3 Å². The van der Waals surface area contributed by atoms with Gasteiger partial charge in [0.1, 0.15) is 11.9 Å². The van der Waals surface area contributed by atoms with Crippen LogP contribution in [0.15, 0.2) is 36.5 Å². The van der Waals surface area contributed by atoms with Gasteiger partial charge in [-0.1, -0.05) is 0 Å². The van der Waals surface area contributed by atoms with E-state index in [-0.39, 0.29) is 17.2 Å². The fourth-order valence-corrected chi connectivity index (χ4v) is 1.27. The first-order chi connectivity index (χ1) is 8.20. The Morgan fingerprint density at radius 3 is 2.88 bits per heavy atom. The number of nitrogens with zero attached hydrogens (tertiary/aromatic N) is 2. The monoisotopic (exact) mass is 229 g/mol. The van der Waals surface area contributed by atoms with Crippen molar-refractivity contribution in [3.8, 4) is 17.6 Å². The third-order valence-corrected chi connectivity index (χ3v) is 2.07. The zero-order valence-electron chi connectivity index (χ0n) is 8.72. The molecule has 0 atom stereocenters. The molecular weight excluding hydrogens is 221 g/mol. The van der Waals surface area contributed by atoms with Gasteiger partial charge in [-0.2, -0.15) is 5.26 Å². The van der Waals surface area contributed by atoms with Gasteiger partial charge in [0.2, 0.25) is 0 Å². The van der Waals surface area contributed by atoms with Crippen LogP contribution < -0.4 is 10.5 Å². The van der Waals surface area contributed by atoms with Crippen molar-refractivity contribution in [3.05, 3.63) is 48.0 Å². The van der Waals surface area contributed by atoms with Gasteiger partial charge in [0.05, 0.1) is 5.69 Å². The first-order valence-corrected chi connectivity index (χ1v) is 4.78. The third-order valence-electron chi connectivity index (χ3n) is 2.07. The molecule has 1 aromatic carbocycles. The van der Waals surface area contributed by atoms with E-state index in [1.165, 1.54) is 18.3 Å². The molecule has 0 bridgehead atoms. The summed E-state index contributed by atoms with van der Waals surface area (Å²) in [5, 5.41) is 8.82. The highest BCUT2D eigenvalue weighted by atomic mass is 19.1. The van der Waals surface area contributed by atoms with Crippen LogP contribution in [-0.2, 0) is 0 Å². The highest BCUT2D eigenvalue weighted by Gasteiger charge is 2.08. The molecule has 84 valence electrons. The minimum absolute atomic E-state index is 0.121. The number of ether oxygens (including phenoxy) is 1. The van der Waals surface area contributed by atoms with Gasteiger partial charge in [0.25, 0.3) is 0 Å². The Balaban J connectivity index is 2.38. The summed E-state index contributed by atoms with van der Waals surface area (Å²) in [5.41, 5.74) is 6.05. The number of rotatable bonds is 2. The van der Waals surface area contributed by atoms with Gasteiger partial charge < -0.3 is 10.5 Å². The number of nitriles is 1. The zero-order chi connectivity index (χ0) is 12.3. The molecule has 0 amide bonds. The topological polar surface area (TPSA) is 71.9 Å². The van der Waals surface area contributed by atoms with Crippen molar-refractivity contribution in [2.75, 3.05) is 5.73 Å². The maximum absolute atomic E-state index is 13.0. The van der Waals surface area contributed by atoms with Crippen molar-refractivity contribution in [3.63, 3.8) is 0 Å². The number of benzene rings is 1. The first-order valence-electron chi connectivity index (χ1n) is 4.78. The summed E-state index contributed by atoms with van der Waals surface area (Å²) in [7, 11) is 0. The number of pyridine rings is 1. The quantitative estimate of drug-likeness (QED) is 0.803. The van der Waals surface area contributed by atoms with Crippen LogP contribution >= 0.6 is 0 Å². The van der Waals surface area contributed by atoms with E-state index < -0.39 is 5.82 Å². The van der Waals surface area contributed by atoms with Crippen molar-refractivity contribution in [2.45, 2.75) is 0 Å². The number of nitrogens with two attached hydrogens (primary N) is 1. The molecule has 1 heterocycles. The molecule has 1 aromatic heterocycles. The van der Waals surface area contributed by atoms with Crippen LogP contribution in [0.5, 0.6) is 11.5 Å². The summed E-state index contributed by atoms with van der Waals surface area (Å²) in [5.74, 6) is -0.0570. The molecule has 2 N–H and O–H groups in total. The first kappa shape index (κ1) is 10.9. The second-order valence-corrected chi connectivity index (χ2v) is 3.25. The van der Waals surface area contributed by atoms with E-state index in [0.717, 1.165) is 6.07 Å². The predicted molar refractivity (Wildman–Crippen MR) is 59.8 cm³/mol. The predicted octanol–water partition coefficient (Wildman–Crippen LogP) is 2.47. The molecular formula is C12H8FN3O. The van der Waals surface area contributed by atoms with Crippen LogP contribution in [0.1, 0.15) is 5.69 Å². The van der Waals surface area contributed by atoms with Crippen molar-refractivity contribution >= 4 is 5.69 Å². The van der Waals surface area contributed by atoms with Crippen LogP contribution in [0, 0.1) is 17.1 Å². The average molecular weight is 229 g/mol. The summed E-state index contributed by atoms with van der Waals surface area (Å²) >= 11 is 0. The fraction of sp³-hybridized carbons (Fsp3) is 0. The van der Waals surface area contributed by atoms with E-state index in [0.29, 0.717) is 5.69 Å². The summed E-state index contributed by atoms with van der Waals surface area (Å²) in [4.78, 5) is 3.82. The molecule has 0 fully saturated rings. The molecule has 0 aliphatic rings. The van der Waals surface area contributed by atoms with Crippen molar-refractivity contribution in [1.29, 1.82) is 5.26 Å². The van der Waals surface area contributed by atoms with Crippen LogP contribution in [0.4, 0.5) is 10.1 Å². The molecule has 0 aliphatic heterocycles. The van der Waals surface area contributed by atoms with Gasteiger partial charge in [0, 0.05) is 12.3 Å². The lowest BCUT2D eigenvalue weighted by molar-refractivity contribution is 0.475. The molecule has 0 saturated carbocycles. The molecule has 0 aliphatic carbocycles. The van der Waals surface area contributed by atoms with Crippen LogP contribution in [0.3, 0.4) is 0 Å². The number of nitrogen functional groups attached to an aromatic ring is 1. The second kappa shape index (κ2) is 4.49. The van der Waals surface area contributed by atoms with E-state index >= 15 is 0 Å². The Morgan fingerprint density at radius 1 is 1.29 bits per heavy atom. The Kier molecular flexibility index (Phi) is 2.88. The molecule has 2 aromatic rings. The average Bonchev–Trinajstić information content (AvgIpc) is 2.34. The zero-order valence-corrected chi connectivity index (χ0v) is 8.72. The van der Waals surface area contributed by atoms with Crippen LogP contribution in [0.2, 0.25) is 0 Å². The molecule has 0 saturated heterocycles. The molecule has 0 radical (unpaired) electrons. The molecule has 4 nitrogen and oxygen atoms in total. The molecule has 5 heteroatoms. The van der Waals surface area contributed by atoms with Crippen LogP contribution in [-0.4, -0.2) is 4.98 Å². The number of hydrogen-bond donors (Lipinski definition) is 1. The lowest BCUT2D eigenvalue weighted by Gasteiger charge is -2.08. The van der Waals surface area contributed by atoms with Gasteiger partial charge in [-0.3, -0.25) is 0 Å². The highest BCUT2D eigenvalue weighted by molar-refractivity contribution is 5.54. The van der Waals surface area contributed by atoms with Crippen LogP contribution in [0.25, 0.3) is 0 Å². The van der Waals surface area contributed by atoms with Gasteiger partial charge in [0.15, 0.2) is 17.2 Å². The van der Waals surface area contributed by atoms with Gasteiger partial charge in [-0.15, -0.1) is 0 Å². The minimum atomic E-state index is -0.461. The Morgan fingerprint density at radius 2 is 2.12 bits per heavy atom. The Labute approximate surface area is 97.1 Å². The Hall–Kier alpha value is -2.61. The van der Waals surface area contributed by atoms with Crippen molar-refractivity contribution in [2.24, 2.45) is 0 Å². The minimum Gasteiger partial charge on any atom is -0.452 e. The van der Waals surface area contributed by atoms with Crippen molar-refractivity contribution < 1.29 is 9.13 Å². The van der Waals surface area contributed by atoms with Gasteiger partial charge in [-0.25, -0.2) is 9.37 Å². The molecule has 0 unspecified atom stereocenters. The summed E-state index contributed by atoms with van der Waals surface area (Å²) in [6.07, 6.45) is 1.47. The van der Waals surface area contributed by atoms with Crippen molar-refractivity contribution in [1.82, 2.24) is 4.98 Å². The number of halogens is 1. The Bertz CT molecular complexity index is 593. The van der Waals surface area contributed by atoms with E-state index in [2.05, 4.69) is 4.98 Å². The van der Waals surface area contributed by atoms with E-state index in [9.17, 15) is 4.39 Å². The maximum atomic E-state index is 13.0. The number of hydrogen-bond acceptors (Lipinski definition) is 4. The summed E-state index contributed by atoms with van der Waals surface area (Å²) in [6.45, 7) is 0. The second-order valence-electron chi connectivity index (χ2n) is 3.25. The molecule has 0 spiro atoms. The molecule has 17 heavy (non-hydrogen) atoms. The summed E-state index contributed by atoms with van der Waals surface area (Å²) < 4.78 is 18.4. The normalized spacial score (nSPS) is 9.65. The standard InChI is InChI=1S/C12H8FN3O/c13-8-3-4-9(15)12(6-8)17-11-2-1-5-16-10(11)7-14/h1-6H,15H2. The fourth-order valence-electron chi connectivity index (χ4n) is 1.27. The molecule has 2 rings (SSSR count). The van der Waals surface area contributed by atoms with E-state index in [1.54, 1.807) is 12.1 Å². The highest BCUT2D eigenvalue weighted by Crippen LogP contribution is 2.29. The largest absolute Gasteiger partial charge is 0.452 e. The maximum Gasteiger partial charge on any atom is 0.183 e. The SMILES string of the molecule is N#Cc1ncccc1Oc1cc(F)ccc1N. The van der Waals surface area contributed by atoms with E-state index in [1.807, 2.05) is 6.07 Å². The number of anilines is 1. The van der Waals surface area contributed by atoms with Gasteiger partial charge >= 0.3 is 0 Å². The summed E-state index contributed by atoms with van der Waals surface area (Å²) in [6, 6.07) is 8.85.